The Balaban J connectivity index is 1.75. The molecule has 2 heterocycles. The van der Waals surface area contributed by atoms with Crippen LogP contribution in [0.1, 0.15) is 33.1 Å². The Kier molecular flexibility index (Phi) is 5.26. The van der Waals surface area contributed by atoms with E-state index in [0.29, 0.717) is 23.3 Å². The van der Waals surface area contributed by atoms with E-state index < -0.39 is 9.84 Å². The van der Waals surface area contributed by atoms with Crippen molar-refractivity contribution in [1.82, 2.24) is 10.2 Å². The van der Waals surface area contributed by atoms with Gasteiger partial charge in [-0.3, -0.25) is 4.90 Å². The zero-order valence-corrected chi connectivity index (χ0v) is 13.1. The minimum absolute atomic E-state index is 0.286. The highest BCUT2D eigenvalue weighted by Crippen LogP contribution is 2.24. The van der Waals surface area contributed by atoms with Crippen molar-refractivity contribution in [3.05, 3.63) is 0 Å². The molecule has 0 amide bonds. The van der Waals surface area contributed by atoms with Crippen LogP contribution in [0, 0.1) is 11.8 Å². The first-order valence-electron chi connectivity index (χ1n) is 7.61. The van der Waals surface area contributed by atoms with Gasteiger partial charge in [-0.05, 0) is 50.7 Å². The smallest absolute Gasteiger partial charge is 0.151 e. The number of sulfone groups is 1. The lowest BCUT2D eigenvalue weighted by Gasteiger charge is -2.30. The average molecular weight is 288 g/mol. The molecule has 0 bridgehead atoms. The van der Waals surface area contributed by atoms with Crippen LogP contribution in [0.25, 0.3) is 0 Å². The molecule has 0 aliphatic carbocycles. The number of rotatable bonds is 5. The van der Waals surface area contributed by atoms with Gasteiger partial charge in [0.15, 0.2) is 9.84 Å². The molecule has 19 heavy (non-hydrogen) atoms. The second kappa shape index (κ2) is 6.55. The van der Waals surface area contributed by atoms with Crippen molar-refractivity contribution >= 4 is 9.84 Å². The normalized spacial score (nSPS) is 31.9. The zero-order chi connectivity index (χ0) is 13.9. The van der Waals surface area contributed by atoms with E-state index in [1.165, 1.54) is 6.42 Å². The number of hydrogen-bond acceptors (Lipinski definition) is 4. The first-order valence-corrected chi connectivity index (χ1v) is 9.43. The maximum absolute atomic E-state index is 11.7. The van der Waals surface area contributed by atoms with Gasteiger partial charge in [-0.15, -0.1) is 0 Å². The molecule has 0 spiro atoms. The van der Waals surface area contributed by atoms with Crippen LogP contribution in [-0.4, -0.2) is 57.0 Å². The van der Waals surface area contributed by atoms with Crippen LogP contribution < -0.4 is 5.32 Å². The summed E-state index contributed by atoms with van der Waals surface area (Å²) in [6.07, 6.45) is 3.12. The molecule has 0 saturated carbocycles. The van der Waals surface area contributed by atoms with Gasteiger partial charge in [0.1, 0.15) is 0 Å². The van der Waals surface area contributed by atoms with Crippen LogP contribution in [0.3, 0.4) is 0 Å². The molecule has 5 heteroatoms. The molecule has 2 atom stereocenters. The van der Waals surface area contributed by atoms with Crippen LogP contribution in [0.2, 0.25) is 0 Å². The predicted octanol–water partition coefficient (Wildman–Crippen LogP) is 1.13. The van der Waals surface area contributed by atoms with Crippen LogP contribution in [0.5, 0.6) is 0 Å². The largest absolute Gasteiger partial charge is 0.316 e. The Morgan fingerprint density at radius 1 is 1.32 bits per heavy atom. The molecule has 0 aromatic carbocycles. The van der Waals surface area contributed by atoms with Crippen molar-refractivity contribution in [1.29, 1.82) is 0 Å². The molecule has 0 aromatic rings. The third kappa shape index (κ3) is 4.72. The van der Waals surface area contributed by atoms with E-state index in [1.54, 1.807) is 0 Å². The summed E-state index contributed by atoms with van der Waals surface area (Å²) >= 11 is 0. The van der Waals surface area contributed by atoms with Crippen LogP contribution in [-0.2, 0) is 9.84 Å². The highest BCUT2D eigenvalue weighted by Gasteiger charge is 2.33. The minimum Gasteiger partial charge on any atom is -0.316 e. The first-order chi connectivity index (χ1) is 8.96. The lowest BCUT2D eigenvalue weighted by Crippen LogP contribution is -2.42. The zero-order valence-electron chi connectivity index (χ0n) is 12.3. The second-order valence-electron chi connectivity index (χ2n) is 6.61. The highest BCUT2D eigenvalue weighted by atomic mass is 32.2. The molecule has 0 aromatic heterocycles. The van der Waals surface area contributed by atoms with E-state index in [1.807, 2.05) is 0 Å². The molecule has 2 unspecified atom stereocenters. The van der Waals surface area contributed by atoms with E-state index in [4.69, 9.17) is 0 Å². The average Bonchev–Trinajstić information content (AvgIpc) is 2.76. The molecule has 112 valence electrons. The summed E-state index contributed by atoms with van der Waals surface area (Å²) < 4.78 is 23.4. The van der Waals surface area contributed by atoms with Gasteiger partial charge in [0.05, 0.1) is 11.5 Å². The molecule has 4 nitrogen and oxygen atoms in total. The van der Waals surface area contributed by atoms with Gasteiger partial charge in [-0.25, -0.2) is 8.42 Å². The van der Waals surface area contributed by atoms with Crippen LogP contribution in [0.15, 0.2) is 0 Å². The van der Waals surface area contributed by atoms with Gasteiger partial charge in [0.2, 0.25) is 0 Å². The van der Waals surface area contributed by atoms with Crippen molar-refractivity contribution in [2.75, 3.05) is 37.7 Å². The summed E-state index contributed by atoms with van der Waals surface area (Å²) in [5, 5.41) is 3.52. The predicted molar refractivity (Wildman–Crippen MR) is 79.1 cm³/mol. The van der Waals surface area contributed by atoms with Gasteiger partial charge in [-0.2, -0.15) is 0 Å². The molecule has 1 N–H and O–H groups in total. The maximum atomic E-state index is 11.7. The number of hydrogen-bond donors (Lipinski definition) is 1. The van der Waals surface area contributed by atoms with Crippen molar-refractivity contribution in [3.8, 4) is 0 Å². The third-order valence-corrected chi connectivity index (χ3v) is 6.06. The summed E-state index contributed by atoms with van der Waals surface area (Å²) in [6.45, 7) is 8.75. The Hall–Kier alpha value is -0.130. The highest BCUT2D eigenvalue weighted by molar-refractivity contribution is 7.91. The van der Waals surface area contributed by atoms with Crippen LogP contribution in [0.4, 0.5) is 0 Å². The van der Waals surface area contributed by atoms with E-state index in [9.17, 15) is 8.42 Å². The van der Waals surface area contributed by atoms with E-state index in [0.717, 1.165) is 39.0 Å². The van der Waals surface area contributed by atoms with Gasteiger partial charge >= 0.3 is 0 Å². The summed E-state index contributed by atoms with van der Waals surface area (Å²) in [7, 11) is -2.77. The monoisotopic (exact) mass is 288 g/mol. The molecule has 2 fully saturated rings. The van der Waals surface area contributed by atoms with Crippen molar-refractivity contribution in [2.24, 2.45) is 11.8 Å². The minimum atomic E-state index is -2.77. The molecular formula is C14H28N2O2S. The van der Waals surface area contributed by atoms with Gasteiger partial charge in [0.25, 0.3) is 0 Å². The van der Waals surface area contributed by atoms with E-state index in [-0.39, 0.29) is 6.04 Å². The van der Waals surface area contributed by atoms with Crippen LogP contribution >= 0.6 is 0 Å². The fourth-order valence-corrected chi connectivity index (χ4v) is 4.96. The number of likely N-dealkylation sites (tertiary alicyclic amines) is 1. The quantitative estimate of drug-likeness (QED) is 0.824. The second-order valence-corrected chi connectivity index (χ2v) is 8.84. The molecular weight excluding hydrogens is 260 g/mol. The maximum Gasteiger partial charge on any atom is 0.151 e. The lowest BCUT2D eigenvalue weighted by molar-refractivity contribution is 0.233. The fourth-order valence-electron chi connectivity index (χ4n) is 3.22. The Labute approximate surface area is 117 Å². The molecule has 2 aliphatic rings. The van der Waals surface area contributed by atoms with E-state index >= 15 is 0 Å². The Bertz CT molecular complexity index is 381. The standard InChI is InChI=1S/C14H28N2O2S/c1-12(2)8-15-9-13-5-6-16(10-13)14-4-3-7-19(17,18)11-14/h12-15H,3-11H2,1-2H3. The summed E-state index contributed by atoms with van der Waals surface area (Å²) in [6, 6.07) is 0.286. The van der Waals surface area contributed by atoms with Gasteiger partial charge < -0.3 is 5.32 Å². The first kappa shape index (κ1) is 15.3. The summed E-state index contributed by atoms with van der Waals surface area (Å²) in [4.78, 5) is 2.42. The topological polar surface area (TPSA) is 49.4 Å². The van der Waals surface area contributed by atoms with Gasteiger partial charge in [-0.1, -0.05) is 13.8 Å². The van der Waals surface area contributed by atoms with Gasteiger partial charge in [0, 0.05) is 12.6 Å². The lowest BCUT2D eigenvalue weighted by atomic mass is 10.1. The molecule has 2 aliphatic heterocycles. The fraction of sp³-hybridized carbons (Fsp3) is 1.00. The Morgan fingerprint density at radius 3 is 2.79 bits per heavy atom. The molecule has 2 saturated heterocycles. The van der Waals surface area contributed by atoms with Crippen molar-refractivity contribution in [3.63, 3.8) is 0 Å². The van der Waals surface area contributed by atoms with Crippen molar-refractivity contribution in [2.45, 2.75) is 39.2 Å². The Morgan fingerprint density at radius 2 is 2.11 bits per heavy atom. The molecule has 2 rings (SSSR count). The third-order valence-electron chi connectivity index (χ3n) is 4.26. The SMILES string of the molecule is CC(C)CNCC1CCN(C2CCCS(=O)(=O)C2)C1. The number of nitrogens with zero attached hydrogens (tertiary/aromatic N) is 1. The van der Waals surface area contributed by atoms with Crippen molar-refractivity contribution < 1.29 is 8.42 Å². The molecule has 0 radical (unpaired) electrons. The number of nitrogens with one attached hydrogen (secondary N) is 1. The summed E-state index contributed by atoms with van der Waals surface area (Å²) in [5.74, 6) is 2.18. The van der Waals surface area contributed by atoms with E-state index in [2.05, 4.69) is 24.1 Å². The summed E-state index contributed by atoms with van der Waals surface area (Å²) in [5.41, 5.74) is 0.